The SMILES string of the molecule is Cc1cccc(NC(=O)CN2C(=O)C(C)Oc3ccc(Cl)cc32)c1C. The van der Waals surface area contributed by atoms with Crippen molar-refractivity contribution in [1.82, 2.24) is 0 Å². The van der Waals surface area contributed by atoms with Crippen molar-refractivity contribution in [3.05, 3.63) is 52.5 Å². The first-order valence-corrected chi connectivity index (χ1v) is 8.38. The molecule has 2 aromatic carbocycles. The Labute approximate surface area is 151 Å². The smallest absolute Gasteiger partial charge is 0.268 e. The second-order valence-electron chi connectivity index (χ2n) is 6.09. The molecule has 1 unspecified atom stereocenters. The van der Waals surface area contributed by atoms with Gasteiger partial charge in [-0.05, 0) is 56.2 Å². The highest BCUT2D eigenvalue weighted by Crippen LogP contribution is 2.36. The van der Waals surface area contributed by atoms with Crippen LogP contribution in [0.3, 0.4) is 0 Å². The third-order valence-electron chi connectivity index (χ3n) is 4.31. The Morgan fingerprint density at radius 2 is 2.04 bits per heavy atom. The molecular formula is C19H19ClN2O3. The van der Waals surface area contributed by atoms with Gasteiger partial charge in [0, 0.05) is 10.7 Å². The molecule has 5 nitrogen and oxygen atoms in total. The van der Waals surface area contributed by atoms with Crippen molar-refractivity contribution < 1.29 is 14.3 Å². The molecule has 0 aromatic heterocycles. The highest BCUT2D eigenvalue weighted by molar-refractivity contribution is 6.31. The maximum atomic E-state index is 12.5. The van der Waals surface area contributed by atoms with Gasteiger partial charge in [0.2, 0.25) is 5.91 Å². The fourth-order valence-electron chi connectivity index (χ4n) is 2.76. The molecule has 0 bridgehead atoms. The van der Waals surface area contributed by atoms with Gasteiger partial charge in [-0.25, -0.2) is 0 Å². The fourth-order valence-corrected chi connectivity index (χ4v) is 2.93. The lowest BCUT2D eigenvalue weighted by molar-refractivity contribution is -0.127. The van der Waals surface area contributed by atoms with Crippen LogP contribution < -0.4 is 15.0 Å². The minimum atomic E-state index is -0.651. The Morgan fingerprint density at radius 1 is 1.28 bits per heavy atom. The Kier molecular flexibility index (Phi) is 4.68. The van der Waals surface area contributed by atoms with E-state index in [1.54, 1.807) is 25.1 Å². The van der Waals surface area contributed by atoms with E-state index in [4.69, 9.17) is 16.3 Å². The van der Waals surface area contributed by atoms with Gasteiger partial charge in [-0.1, -0.05) is 23.7 Å². The molecule has 0 saturated carbocycles. The largest absolute Gasteiger partial charge is 0.479 e. The Hall–Kier alpha value is -2.53. The Bertz CT molecular complexity index is 851. The molecule has 1 aliphatic rings. The molecule has 3 rings (SSSR count). The summed E-state index contributed by atoms with van der Waals surface area (Å²) in [5.74, 6) is -0.0102. The van der Waals surface area contributed by atoms with Crippen molar-refractivity contribution >= 4 is 34.8 Å². The van der Waals surface area contributed by atoms with Gasteiger partial charge in [-0.3, -0.25) is 14.5 Å². The third-order valence-corrected chi connectivity index (χ3v) is 4.54. The molecule has 0 saturated heterocycles. The van der Waals surface area contributed by atoms with Crippen molar-refractivity contribution in [1.29, 1.82) is 0 Å². The maximum Gasteiger partial charge on any atom is 0.268 e. The predicted octanol–water partition coefficient (Wildman–Crippen LogP) is 3.71. The summed E-state index contributed by atoms with van der Waals surface area (Å²) >= 11 is 6.04. The number of aryl methyl sites for hydroxylation is 1. The molecule has 1 N–H and O–H groups in total. The highest BCUT2D eigenvalue weighted by atomic mass is 35.5. The highest BCUT2D eigenvalue weighted by Gasteiger charge is 2.33. The van der Waals surface area contributed by atoms with Gasteiger partial charge >= 0.3 is 0 Å². The topological polar surface area (TPSA) is 58.6 Å². The molecule has 0 spiro atoms. The monoisotopic (exact) mass is 358 g/mol. The number of hydrogen-bond donors (Lipinski definition) is 1. The van der Waals surface area contributed by atoms with Crippen LogP contribution in [0.1, 0.15) is 18.1 Å². The summed E-state index contributed by atoms with van der Waals surface area (Å²) in [5, 5.41) is 3.35. The molecule has 2 amide bonds. The minimum absolute atomic E-state index is 0.104. The van der Waals surface area contributed by atoms with Gasteiger partial charge in [0.1, 0.15) is 12.3 Å². The van der Waals surface area contributed by atoms with E-state index in [1.807, 2.05) is 32.0 Å². The number of carbonyl (C=O) groups is 2. The lowest BCUT2D eigenvalue weighted by Gasteiger charge is -2.32. The standard InChI is InChI=1S/C19H19ClN2O3/c1-11-5-4-6-15(12(11)2)21-18(23)10-22-16-9-14(20)7-8-17(16)25-13(3)19(22)24/h4-9,13H,10H2,1-3H3,(H,21,23). The number of halogens is 1. The van der Waals surface area contributed by atoms with Crippen LogP contribution in [0.2, 0.25) is 5.02 Å². The van der Waals surface area contributed by atoms with Crippen molar-refractivity contribution in [3.63, 3.8) is 0 Å². The summed E-state index contributed by atoms with van der Waals surface area (Å²) in [6.07, 6.45) is -0.651. The first-order valence-electron chi connectivity index (χ1n) is 8.00. The third kappa shape index (κ3) is 3.46. The zero-order valence-electron chi connectivity index (χ0n) is 14.3. The van der Waals surface area contributed by atoms with Crippen molar-refractivity contribution in [3.8, 4) is 5.75 Å². The Morgan fingerprint density at radius 3 is 2.80 bits per heavy atom. The number of ether oxygens (including phenoxy) is 1. The zero-order valence-corrected chi connectivity index (χ0v) is 15.1. The summed E-state index contributed by atoms with van der Waals surface area (Å²) in [7, 11) is 0. The van der Waals surface area contributed by atoms with Crippen molar-refractivity contribution in [2.45, 2.75) is 26.9 Å². The number of fused-ring (bicyclic) bond motifs is 1. The first-order chi connectivity index (χ1) is 11.9. The average Bonchev–Trinajstić information content (AvgIpc) is 2.57. The number of hydrogen-bond acceptors (Lipinski definition) is 3. The number of benzene rings is 2. The van der Waals surface area contributed by atoms with E-state index < -0.39 is 6.10 Å². The second-order valence-corrected chi connectivity index (χ2v) is 6.53. The van der Waals surface area contributed by atoms with Crippen LogP contribution in [0, 0.1) is 13.8 Å². The van der Waals surface area contributed by atoms with Crippen LogP contribution in [-0.2, 0) is 9.59 Å². The van der Waals surface area contributed by atoms with E-state index in [0.29, 0.717) is 16.5 Å². The number of amides is 2. The quantitative estimate of drug-likeness (QED) is 0.909. The lowest BCUT2D eigenvalue weighted by atomic mass is 10.1. The van der Waals surface area contributed by atoms with Gasteiger partial charge < -0.3 is 10.1 Å². The molecule has 130 valence electrons. The van der Waals surface area contributed by atoms with Gasteiger partial charge in [-0.15, -0.1) is 0 Å². The molecule has 25 heavy (non-hydrogen) atoms. The molecule has 0 aliphatic carbocycles. The van der Waals surface area contributed by atoms with E-state index in [9.17, 15) is 9.59 Å². The summed E-state index contributed by atoms with van der Waals surface area (Å²) < 4.78 is 5.58. The summed E-state index contributed by atoms with van der Waals surface area (Å²) in [4.78, 5) is 26.4. The van der Waals surface area contributed by atoms with Crippen LogP contribution >= 0.6 is 11.6 Å². The summed E-state index contributed by atoms with van der Waals surface area (Å²) in [5.41, 5.74) is 3.34. The number of nitrogens with zero attached hydrogens (tertiary/aromatic N) is 1. The number of anilines is 2. The van der Waals surface area contributed by atoms with E-state index in [1.165, 1.54) is 4.90 Å². The fraction of sp³-hybridized carbons (Fsp3) is 0.263. The lowest BCUT2D eigenvalue weighted by Crippen LogP contribution is -2.47. The second kappa shape index (κ2) is 6.76. The van der Waals surface area contributed by atoms with Crippen LogP contribution in [0.15, 0.2) is 36.4 Å². The van der Waals surface area contributed by atoms with Gasteiger partial charge in [0.05, 0.1) is 5.69 Å². The van der Waals surface area contributed by atoms with Crippen LogP contribution in [0.25, 0.3) is 0 Å². The molecule has 1 atom stereocenters. The van der Waals surface area contributed by atoms with Gasteiger partial charge in [0.25, 0.3) is 5.91 Å². The van der Waals surface area contributed by atoms with Crippen molar-refractivity contribution in [2.75, 3.05) is 16.8 Å². The van der Waals surface area contributed by atoms with Crippen LogP contribution in [0.5, 0.6) is 5.75 Å². The predicted molar refractivity (Wildman–Crippen MR) is 98.4 cm³/mol. The first kappa shape index (κ1) is 17.3. The van der Waals surface area contributed by atoms with E-state index in [0.717, 1.165) is 16.8 Å². The van der Waals surface area contributed by atoms with E-state index in [-0.39, 0.29) is 18.4 Å². The molecule has 0 fully saturated rings. The molecule has 1 heterocycles. The molecule has 1 aliphatic heterocycles. The number of nitrogens with one attached hydrogen (secondary N) is 1. The minimum Gasteiger partial charge on any atom is -0.479 e. The van der Waals surface area contributed by atoms with E-state index >= 15 is 0 Å². The van der Waals surface area contributed by atoms with E-state index in [2.05, 4.69) is 5.32 Å². The summed E-state index contributed by atoms with van der Waals surface area (Å²) in [6, 6.07) is 10.7. The maximum absolute atomic E-state index is 12.5. The summed E-state index contributed by atoms with van der Waals surface area (Å²) in [6.45, 7) is 5.49. The average molecular weight is 359 g/mol. The van der Waals surface area contributed by atoms with Crippen LogP contribution in [-0.4, -0.2) is 24.5 Å². The molecular weight excluding hydrogens is 340 g/mol. The number of rotatable bonds is 3. The molecule has 6 heteroatoms. The molecule has 2 aromatic rings. The number of carbonyl (C=O) groups excluding carboxylic acids is 2. The van der Waals surface area contributed by atoms with Crippen LogP contribution in [0.4, 0.5) is 11.4 Å². The normalized spacial score (nSPS) is 16.2. The van der Waals surface area contributed by atoms with Gasteiger partial charge in [-0.2, -0.15) is 0 Å². The zero-order chi connectivity index (χ0) is 18.1. The van der Waals surface area contributed by atoms with Gasteiger partial charge in [0.15, 0.2) is 6.10 Å². The molecule has 0 radical (unpaired) electrons. The van der Waals surface area contributed by atoms with Crippen molar-refractivity contribution in [2.24, 2.45) is 0 Å². The Balaban J connectivity index is 1.84.